The Kier molecular flexibility index (Phi) is 5.13. The van der Waals surface area contributed by atoms with Crippen molar-refractivity contribution in [1.82, 2.24) is 9.47 Å². The number of nitrogens with zero attached hydrogens (tertiary/aromatic N) is 2. The summed E-state index contributed by atoms with van der Waals surface area (Å²) in [5, 5.41) is 4.08. The number of likely N-dealkylation sites (N-methyl/N-ethyl adjacent to an activating group) is 1. The molecule has 6 nitrogen and oxygen atoms in total. The Bertz CT molecular complexity index is 1370. The topological polar surface area (TPSA) is 63.6 Å². The number of aromatic nitrogens is 1. The molecule has 33 heavy (non-hydrogen) atoms. The van der Waals surface area contributed by atoms with Crippen LogP contribution in [0.4, 0.5) is 5.69 Å². The van der Waals surface area contributed by atoms with Crippen molar-refractivity contribution >= 4 is 28.4 Å². The number of benzene rings is 3. The number of hydrogen-bond acceptors (Lipinski definition) is 3. The summed E-state index contributed by atoms with van der Waals surface area (Å²) in [6, 6.07) is 22.3. The van der Waals surface area contributed by atoms with Gasteiger partial charge in [-0.1, -0.05) is 42.5 Å². The van der Waals surface area contributed by atoms with Crippen LogP contribution in [0, 0.1) is 0 Å². The lowest BCUT2D eigenvalue weighted by atomic mass is 9.79. The Labute approximate surface area is 192 Å². The van der Waals surface area contributed by atoms with Crippen LogP contribution in [-0.4, -0.2) is 35.4 Å². The number of hydrogen-bond donors (Lipinski definition) is 1. The highest BCUT2D eigenvalue weighted by Gasteiger charge is 2.43. The van der Waals surface area contributed by atoms with Crippen LogP contribution in [0.3, 0.4) is 0 Å². The average molecular weight is 440 g/mol. The molecule has 6 heteroatoms. The lowest BCUT2D eigenvalue weighted by Crippen LogP contribution is -2.44. The first-order valence-corrected chi connectivity index (χ1v) is 10.8. The van der Waals surface area contributed by atoms with Crippen LogP contribution in [0.15, 0.2) is 79.0 Å². The first-order chi connectivity index (χ1) is 16.0. The Morgan fingerprint density at radius 3 is 2.52 bits per heavy atom. The van der Waals surface area contributed by atoms with E-state index in [-0.39, 0.29) is 11.8 Å². The number of methoxy groups -OCH3 is 1. The molecule has 0 radical (unpaired) electrons. The predicted octanol–water partition coefficient (Wildman–Crippen LogP) is 4.74. The maximum absolute atomic E-state index is 13.8. The number of rotatable bonds is 4. The van der Waals surface area contributed by atoms with E-state index < -0.39 is 12.0 Å². The molecule has 2 atom stereocenters. The van der Waals surface area contributed by atoms with Crippen molar-refractivity contribution in [2.75, 3.05) is 19.5 Å². The van der Waals surface area contributed by atoms with Gasteiger partial charge in [-0.3, -0.25) is 9.59 Å². The van der Waals surface area contributed by atoms with Crippen LogP contribution in [0.25, 0.3) is 10.9 Å². The molecule has 0 aliphatic carbocycles. The standard InChI is InChI=1S/C27H25N3O3/c1-29-16-22(19-11-6-7-14-23(19)29)25-24(20-12-4-5-13-21(20)27(32)30(25)2)26(31)28-17-9-8-10-18(15-17)33-3/h4-16,24-25H,1-3H3,(H,28,31). The van der Waals surface area contributed by atoms with Crippen molar-refractivity contribution in [3.8, 4) is 5.75 Å². The largest absolute Gasteiger partial charge is 0.497 e. The molecule has 2 amide bonds. The van der Waals surface area contributed by atoms with Gasteiger partial charge in [-0.05, 0) is 29.8 Å². The van der Waals surface area contributed by atoms with E-state index in [1.165, 1.54) is 0 Å². The number of nitrogens with one attached hydrogen (secondary N) is 1. The molecule has 3 aromatic carbocycles. The molecule has 5 rings (SSSR count). The minimum Gasteiger partial charge on any atom is -0.497 e. The van der Waals surface area contributed by atoms with Gasteiger partial charge in [-0.2, -0.15) is 0 Å². The molecule has 2 heterocycles. The second kappa shape index (κ2) is 8.13. The highest BCUT2D eigenvalue weighted by atomic mass is 16.5. The molecule has 0 fully saturated rings. The second-order valence-corrected chi connectivity index (χ2v) is 8.36. The van der Waals surface area contributed by atoms with Crippen molar-refractivity contribution in [3.63, 3.8) is 0 Å². The van der Waals surface area contributed by atoms with E-state index in [0.29, 0.717) is 17.0 Å². The summed E-state index contributed by atoms with van der Waals surface area (Å²) in [7, 11) is 5.35. The number of ether oxygens (including phenoxy) is 1. The van der Waals surface area contributed by atoms with Gasteiger partial charge in [0.25, 0.3) is 5.91 Å². The van der Waals surface area contributed by atoms with Gasteiger partial charge in [-0.25, -0.2) is 0 Å². The Morgan fingerprint density at radius 1 is 0.939 bits per heavy atom. The molecule has 1 aliphatic rings. The fourth-order valence-electron chi connectivity index (χ4n) is 4.88. The highest BCUT2D eigenvalue weighted by Crippen LogP contribution is 2.44. The molecule has 2 unspecified atom stereocenters. The summed E-state index contributed by atoms with van der Waals surface area (Å²) >= 11 is 0. The lowest BCUT2D eigenvalue weighted by molar-refractivity contribution is -0.119. The lowest BCUT2D eigenvalue weighted by Gasteiger charge is -2.39. The summed E-state index contributed by atoms with van der Waals surface area (Å²) in [5.74, 6) is -0.183. The molecule has 0 bridgehead atoms. The minimum atomic E-state index is -0.582. The van der Waals surface area contributed by atoms with Crippen molar-refractivity contribution in [1.29, 1.82) is 0 Å². The Hall–Kier alpha value is -4.06. The summed E-state index contributed by atoms with van der Waals surface area (Å²) < 4.78 is 7.35. The summed E-state index contributed by atoms with van der Waals surface area (Å²) in [5.41, 5.74) is 3.94. The SMILES string of the molecule is COc1cccc(NC(=O)C2c3ccccc3C(=O)N(C)C2c2cn(C)c3ccccc23)c1. The molecule has 1 aromatic heterocycles. The number of carbonyl (C=O) groups excluding carboxylic acids is 2. The van der Waals surface area contributed by atoms with Gasteiger partial charge in [0, 0.05) is 54.1 Å². The van der Waals surface area contributed by atoms with Crippen LogP contribution in [0.2, 0.25) is 0 Å². The number of amides is 2. The third kappa shape index (κ3) is 3.44. The van der Waals surface area contributed by atoms with Crippen LogP contribution >= 0.6 is 0 Å². The third-order valence-electron chi connectivity index (χ3n) is 6.45. The number of fused-ring (bicyclic) bond motifs is 2. The molecule has 0 saturated heterocycles. The Balaban J connectivity index is 1.66. The van der Waals surface area contributed by atoms with E-state index in [9.17, 15) is 9.59 Å². The molecule has 1 N–H and O–H groups in total. The zero-order valence-electron chi connectivity index (χ0n) is 18.8. The summed E-state index contributed by atoms with van der Waals surface area (Å²) in [6.45, 7) is 0. The quantitative estimate of drug-likeness (QED) is 0.500. The predicted molar refractivity (Wildman–Crippen MR) is 129 cm³/mol. The normalized spacial score (nSPS) is 17.7. The molecule has 0 spiro atoms. The minimum absolute atomic E-state index is 0.0889. The van der Waals surface area contributed by atoms with E-state index in [1.807, 2.05) is 78.5 Å². The molecule has 4 aromatic rings. The zero-order valence-corrected chi connectivity index (χ0v) is 18.8. The smallest absolute Gasteiger partial charge is 0.254 e. The first-order valence-electron chi connectivity index (χ1n) is 10.8. The van der Waals surface area contributed by atoms with Crippen LogP contribution in [-0.2, 0) is 11.8 Å². The summed E-state index contributed by atoms with van der Waals surface area (Å²) in [6.07, 6.45) is 2.03. The number of para-hydroxylation sites is 1. The van der Waals surface area contributed by atoms with Crippen LogP contribution < -0.4 is 10.1 Å². The molecule has 0 saturated carbocycles. The van der Waals surface area contributed by atoms with Crippen molar-refractivity contribution < 1.29 is 14.3 Å². The molecule has 166 valence electrons. The van der Waals surface area contributed by atoms with E-state index in [2.05, 4.69) is 5.32 Å². The van der Waals surface area contributed by atoms with Crippen molar-refractivity contribution in [2.45, 2.75) is 12.0 Å². The van der Waals surface area contributed by atoms with Gasteiger partial charge in [0.2, 0.25) is 5.91 Å². The Morgan fingerprint density at radius 2 is 1.70 bits per heavy atom. The van der Waals surface area contributed by atoms with Gasteiger partial charge < -0.3 is 19.5 Å². The van der Waals surface area contributed by atoms with Gasteiger partial charge in [-0.15, -0.1) is 0 Å². The molecular weight excluding hydrogens is 414 g/mol. The fraction of sp³-hybridized carbons (Fsp3) is 0.185. The molecular formula is C27H25N3O3. The van der Waals surface area contributed by atoms with Gasteiger partial charge in [0.15, 0.2) is 0 Å². The monoisotopic (exact) mass is 439 g/mol. The van der Waals surface area contributed by atoms with E-state index in [4.69, 9.17) is 4.74 Å². The second-order valence-electron chi connectivity index (χ2n) is 8.36. The van der Waals surface area contributed by atoms with Gasteiger partial charge >= 0.3 is 0 Å². The maximum Gasteiger partial charge on any atom is 0.254 e. The van der Waals surface area contributed by atoms with Gasteiger partial charge in [0.05, 0.1) is 19.1 Å². The highest BCUT2D eigenvalue weighted by molar-refractivity contribution is 6.05. The fourth-order valence-corrected chi connectivity index (χ4v) is 4.88. The summed E-state index contributed by atoms with van der Waals surface area (Å²) in [4.78, 5) is 28.8. The van der Waals surface area contributed by atoms with Crippen molar-refractivity contribution in [2.24, 2.45) is 7.05 Å². The van der Waals surface area contributed by atoms with Crippen LogP contribution in [0.5, 0.6) is 5.75 Å². The van der Waals surface area contributed by atoms with Gasteiger partial charge in [0.1, 0.15) is 5.75 Å². The first kappa shape index (κ1) is 20.8. The average Bonchev–Trinajstić information content (AvgIpc) is 3.17. The maximum atomic E-state index is 13.8. The van der Waals surface area contributed by atoms with E-state index >= 15 is 0 Å². The molecule has 1 aliphatic heterocycles. The zero-order chi connectivity index (χ0) is 23.1. The van der Waals surface area contributed by atoms with E-state index in [0.717, 1.165) is 22.0 Å². The number of carbonyl (C=O) groups is 2. The number of anilines is 1. The van der Waals surface area contributed by atoms with Crippen LogP contribution in [0.1, 0.15) is 33.4 Å². The van der Waals surface area contributed by atoms with Crippen molar-refractivity contribution in [3.05, 3.63) is 95.7 Å². The number of aryl methyl sites for hydroxylation is 1. The van der Waals surface area contributed by atoms with E-state index in [1.54, 1.807) is 31.2 Å². The third-order valence-corrected chi connectivity index (χ3v) is 6.45.